The Morgan fingerprint density at radius 1 is 1.18 bits per heavy atom. The Bertz CT molecular complexity index is 970. The molecule has 5 amide bonds. The molecular weight excluding hydrogens is 441 g/mol. The summed E-state index contributed by atoms with van der Waals surface area (Å²) in [5.41, 5.74) is 2.45. The van der Waals surface area contributed by atoms with E-state index >= 15 is 0 Å². The molecule has 2 heterocycles. The average molecular weight is 463 g/mol. The molecular formula is C20H22FN5O7. The molecule has 0 spiro atoms. The minimum absolute atomic E-state index is 0.0760. The van der Waals surface area contributed by atoms with E-state index in [9.17, 15) is 33.2 Å². The van der Waals surface area contributed by atoms with Crippen molar-refractivity contribution in [3.63, 3.8) is 0 Å². The van der Waals surface area contributed by atoms with Gasteiger partial charge in [-0.15, -0.1) is 0 Å². The number of fused-ring (bicyclic) bond motifs is 1. The molecule has 0 unspecified atom stereocenters. The van der Waals surface area contributed by atoms with E-state index in [1.54, 1.807) is 0 Å². The lowest BCUT2D eigenvalue weighted by molar-refractivity contribution is -0.155. The Kier molecular flexibility index (Phi) is 7.20. The van der Waals surface area contributed by atoms with Crippen LogP contribution in [0.3, 0.4) is 0 Å². The quantitative estimate of drug-likeness (QED) is 0.467. The lowest BCUT2D eigenvalue weighted by Gasteiger charge is -2.42. The van der Waals surface area contributed by atoms with E-state index in [1.165, 1.54) is 12.1 Å². The van der Waals surface area contributed by atoms with Crippen molar-refractivity contribution < 1.29 is 38.3 Å². The van der Waals surface area contributed by atoms with Crippen molar-refractivity contribution in [3.05, 3.63) is 35.6 Å². The van der Waals surface area contributed by atoms with Crippen molar-refractivity contribution in [2.45, 2.75) is 37.8 Å². The molecule has 2 aliphatic rings. The molecule has 1 aromatic rings. The first kappa shape index (κ1) is 23.6. The van der Waals surface area contributed by atoms with Gasteiger partial charge in [-0.2, -0.15) is 0 Å². The number of nitrogens with zero attached hydrogens (tertiary/aromatic N) is 3. The van der Waals surface area contributed by atoms with Crippen LogP contribution in [0.15, 0.2) is 24.3 Å². The summed E-state index contributed by atoms with van der Waals surface area (Å²) < 4.78 is 13.1. The molecule has 2 atom stereocenters. The van der Waals surface area contributed by atoms with Gasteiger partial charge in [-0.1, -0.05) is 0 Å². The molecule has 0 radical (unpaired) electrons. The van der Waals surface area contributed by atoms with E-state index in [4.69, 9.17) is 5.11 Å². The van der Waals surface area contributed by atoms with Crippen molar-refractivity contribution in [2.75, 3.05) is 13.1 Å². The monoisotopic (exact) mass is 463 g/mol. The summed E-state index contributed by atoms with van der Waals surface area (Å²) in [6.45, 7) is 0.00224. The number of carbonyl (C=O) groups excluding carboxylic acids is 5. The molecule has 13 heteroatoms. The molecule has 3 rings (SSSR count). The zero-order valence-corrected chi connectivity index (χ0v) is 17.4. The van der Waals surface area contributed by atoms with Gasteiger partial charge in [0, 0.05) is 18.5 Å². The third kappa shape index (κ3) is 5.42. The molecule has 2 aliphatic heterocycles. The van der Waals surface area contributed by atoms with Gasteiger partial charge in [-0.25, -0.2) is 24.2 Å². The van der Waals surface area contributed by atoms with Gasteiger partial charge in [0.1, 0.15) is 18.1 Å². The largest absolute Gasteiger partial charge is 0.481 e. The van der Waals surface area contributed by atoms with Crippen LogP contribution in [-0.2, 0) is 19.2 Å². The number of rotatable bonds is 7. The van der Waals surface area contributed by atoms with Gasteiger partial charge in [-0.05, 0) is 37.1 Å². The SMILES string of the molecule is O=C[C@H](CC(=O)O)NC(=O)[C@@H]1CCCN2C(=O)CCN(NC(=O)c3ccc(F)cc3)C(=O)N12. The van der Waals surface area contributed by atoms with E-state index in [1.807, 2.05) is 0 Å². The zero-order valence-electron chi connectivity index (χ0n) is 17.4. The summed E-state index contributed by atoms with van der Waals surface area (Å²) in [5.74, 6) is -3.81. The zero-order chi connectivity index (χ0) is 24.1. The number of nitrogens with one attached hydrogen (secondary N) is 2. The predicted molar refractivity (Wildman–Crippen MR) is 107 cm³/mol. The number of amides is 5. The van der Waals surface area contributed by atoms with Crippen LogP contribution < -0.4 is 10.7 Å². The molecule has 0 saturated carbocycles. The number of hydrogen-bond donors (Lipinski definition) is 3. The van der Waals surface area contributed by atoms with Crippen molar-refractivity contribution in [3.8, 4) is 0 Å². The summed E-state index contributed by atoms with van der Waals surface area (Å²) in [6.07, 6.45) is 0.0475. The summed E-state index contributed by atoms with van der Waals surface area (Å²) in [7, 11) is 0. The van der Waals surface area contributed by atoms with Crippen molar-refractivity contribution in [2.24, 2.45) is 0 Å². The maximum Gasteiger partial charge on any atom is 0.358 e. The normalized spacial score (nSPS) is 19.3. The maximum atomic E-state index is 13.2. The van der Waals surface area contributed by atoms with Crippen LogP contribution in [0.2, 0.25) is 0 Å². The Balaban J connectivity index is 1.80. The highest BCUT2D eigenvalue weighted by atomic mass is 19.1. The molecule has 3 N–H and O–H groups in total. The van der Waals surface area contributed by atoms with E-state index in [0.717, 1.165) is 27.2 Å². The van der Waals surface area contributed by atoms with Crippen LogP contribution in [0.25, 0.3) is 0 Å². The molecule has 2 fully saturated rings. The van der Waals surface area contributed by atoms with Gasteiger partial charge in [0.15, 0.2) is 0 Å². The van der Waals surface area contributed by atoms with Gasteiger partial charge in [0.25, 0.3) is 5.91 Å². The minimum Gasteiger partial charge on any atom is -0.481 e. The number of benzene rings is 1. The van der Waals surface area contributed by atoms with Crippen LogP contribution in [0.1, 0.15) is 36.0 Å². The Morgan fingerprint density at radius 2 is 1.88 bits per heavy atom. The van der Waals surface area contributed by atoms with Crippen LogP contribution in [0.5, 0.6) is 0 Å². The molecule has 0 bridgehead atoms. The van der Waals surface area contributed by atoms with Gasteiger partial charge in [-0.3, -0.25) is 24.6 Å². The van der Waals surface area contributed by atoms with Gasteiger partial charge in [0.2, 0.25) is 11.8 Å². The first-order chi connectivity index (χ1) is 15.7. The summed E-state index contributed by atoms with van der Waals surface area (Å²) >= 11 is 0. The molecule has 33 heavy (non-hydrogen) atoms. The molecule has 2 saturated heterocycles. The Labute approximate surface area is 187 Å². The van der Waals surface area contributed by atoms with Gasteiger partial charge < -0.3 is 15.2 Å². The first-order valence-corrected chi connectivity index (χ1v) is 10.2. The fourth-order valence-electron chi connectivity index (χ4n) is 3.60. The Morgan fingerprint density at radius 3 is 2.52 bits per heavy atom. The number of hydrogen-bond acceptors (Lipinski definition) is 6. The Hall–Kier alpha value is -4.03. The molecule has 0 aliphatic carbocycles. The fraction of sp³-hybridized carbons (Fsp3) is 0.400. The smallest absolute Gasteiger partial charge is 0.358 e. The average Bonchev–Trinajstić information content (AvgIpc) is 2.90. The summed E-state index contributed by atoms with van der Waals surface area (Å²) in [5, 5.41) is 14.1. The van der Waals surface area contributed by atoms with Gasteiger partial charge >= 0.3 is 12.0 Å². The number of carboxylic acids is 1. The third-order valence-corrected chi connectivity index (χ3v) is 5.20. The molecule has 0 aromatic heterocycles. The van der Waals surface area contributed by atoms with Crippen LogP contribution in [0, 0.1) is 5.82 Å². The first-order valence-electron chi connectivity index (χ1n) is 10.2. The predicted octanol–water partition coefficient (Wildman–Crippen LogP) is -0.337. The van der Waals surface area contributed by atoms with Crippen molar-refractivity contribution in [1.82, 2.24) is 25.8 Å². The number of urea groups is 1. The second-order valence-electron chi connectivity index (χ2n) is 7.50. The highest BCUT2D eigenvalue weighted by Gasteiger charge is 2.44. The van der Waals surface area contributed by atoms with Crippen LogP contribution >= 0.6 is 0 Å². The van der Waals surface area contributed by atoms with Crippen LogP contribution in [0.4, 0.5) is 9.18 Å². The number of hydrazine groups is 2. The number of carbonyl (C=O) groups is 6. The highest BCUT2D eigenvalue weighted by molar-refractivity contribution is 5.97. The van der Waals surface area contributed by atoms with Crippen molar-refractivity contribution >= 4 is 36.0 Å². The van der Waals surface area contributed by atoms with E-state index in [0.29, 0.717) is 6.42 Å². The standard InChI is InChI=1S/C20H22FN5O7/c21-13-5-3-12(4-6-13)18(31)23-24-9-7-16(28)25-8-1-2-15(26(25)20(24)33)19(32)22-14(11-27)10-17(29)30/h3-6,11,14-15H,1-2,7-10H2,(H,22,32)(H,23,31)(H,29,30)/t14-,15-/m0/s1. The second kappa shape index (κ2) is 10.1. The highest BCUT2D eigenvalue weighted by Crippen LogP contribution is 2.24. The summed E-state index contributed by atoms with van der Waals surface area (Å²) in [6, 6.07) is 1.25. The second-order valence-corrected chi connectivity index (χ2v) is 7.50. The molecule has 176 valence electrons. The molecule has 1 aromatic carbocycles. The van der Waals surface area contributed by atoms with Gasteiger partial charge in [0.05, 0.1) is 19.0 Å². The third-order valence-electron chi connectivity index (χ3n) is 5.20. The number of aldehydes is 1. The van der Waals surface area contributed by atoms with E-state index in [2.05, 4.69) is 10.7 Å². The molecule has 12 nitrogen and oxygen atoms in total. The fourth-order valence-corrected chi connectivity index (χ4v) is 3.60. The maximum absolute atomic E-state index is 13.2. The lowest BCUT2D eigenvalue weighted by atomic mass is 10.1. The van der Waals surface area contributed by atoms with Crippen LogP contribution in [-0.4, -0.2) is 81.3 Å². The number of aliphatic carboxylic acids is 1. The summed E-state index contributed by atoms with van der Waals surface area (Å²) in [4.78, 5) is 73.2. The lowest BCUT2D eigenvalue weighted by Crippen LogP contribution is -2.64. The van der Waals surface area contributed by atoms with Crippen molar-refractivity contribution in [1.29, 1.82) is 0 Å². The van der Waals surface area contributed by atoms with E-state index in [-0.39, 0.29) is 37.8 Å². The number of halogens is 1. The topological polar surface area (TPSA) is 156 Å². The van der Waals surface area contributed by atoms with E-state index < -0.39 is 54.0 Å². The number of carboxylic acid groups (broad SMARTS) is 1. The minimum atomic E-state index is -1.31.